The van der Waals surface area contributed by atoms with E-state index in [0.29, 0.717) is 0 Å². The minimum atomic E-state index is -0.720. The Balaban J connectivity index is 1.78. The van der Waals surface area contributed by atoms with Gasteiger partial charge in [-0.1, -0.05) is 6.42 Å². The highest BCUT2D eigenvalue weighted by atomic mass is 32.2. The molecular weight excluding hydrogens is 250 g/mol. The molecule has 0 saturated carbocycles. The molecule has 0 aromatic rings. The molecule has 2 aliphatic rings. The van der Waals surface area contributed by atoms with Crippen molar-refractivity contribution in [2.45, 2.75) is 43.8 Å². The van der Waals surface area contributed by atoms with Gasteiger partial charge in [0.2, 0.25) is 5.91 Å². The van der Waals surface area contributed by atoms with E-state index >= 15 is 0 Å². The van der Waals surface area contributed by atoms with E-state index in [2.05, 4.69) is 0 Å². The Labute approximate surface area is 112 Å². The lowest BCUT2D eigenvalue weighted by atomic mass is 9.93. The van der Waals surface area contributed by atoms with Gasteiger partial charge in [-0.2, -0.15) is 0 Å². The molecule has 0 aromatic heterocycles. The molecule has 1 unspecified atom stereocenters. The summed E-state index contributed by atoms with van der Waals surface area (Å²) in [7, 11) is 0. The Morgan fingerprint density at radius 1 is 1.17 bits per heavy atom. The zero-order valence-corrected chi connectivity index (χ0v) is 11.5. The standard InChI is InChI=1S/C13H21NO3S/c15-12(16)9-10-4-6-14(7-5-10)13(17)11-3-1-2-8-18-11/h10-11H,1-9H2,(H,15,16). The van der Waals surface area contributed by atoms with Crippen molar-refractivity contribution < 1.29 is 14.7 Å². The van der Waals surface area contributed by atoms with Crippen LogP contribution in [0.2, 0.25) is 0 Å². The van der Waals surface area contributed by atoms with Gasteiger partial charge in [-0.3, -0.25) is 9.59 Å². The van der Waals surface area contributed by atoms with Crippen molar-refractivity contribution in [3.63, 3.8) is 0 Å². The fourth-order valence-corrected chi connectivity index (χ4v) is 4.02. The Kier molecular flexibility index (Phi) is 4.92. The molecule has 1 N–H and O–H groups in total. The van der Waals surface area contributed by atoms with Gasteiger partial charge in [0.1, 0.15) is 0 Å². The van der Waals surface area contributed by atoms with Crippen LogP contribution in [0.4, 0.5) is 0 Å². The number of likely N-dealkylation sites (tertiary alicyclic amines) is 1. The first kappa shape index (κ1) is 13.7. The summed E-state index contributed by atoms with van der Waals surface area (Å²) >= 11 is 1.79. The number of nitrogens with zero attached hydrogens (tertiary/aromatic N) is 1. The summed E-state index contributed by atoms with van der Waals surface area (Å²) < 4.78 is 0. The minimum absolute atomic E-state index is 0.162. The van der Waals surface area contributed by atoms with Gasteiger partial charge in [-0.15, -0.1) is 11.8 Å². The normalized spacial score (nSPS) is 26.0. The average molecular weight is 271 g/mol. The topological polar surface area (TPSA) is 57.6 Å². The fraction of sp³-hybridized carbons (Fsp3) is 0.846. The number of aliphatic carboxylic acids is 1. The third-order valence-electron chi connectivity index (χ3n) is 3.84. The summed E-state index contributed by atoms with van der Waals surface area (Å²) in [6.45, 7) is 1.49. The van der Waals surface area contributed by atoms with Crippen LogP contribution in [0.1, 0.15) is 38.5 Å². The lowest BCUT2D eigenvalue weighted by Gasteiger charge is -2.34. The zero-order valence-electron chi connectivity index (χ0n) is 10.6. The summed E-state index contributed by atoms with van der Waals surface area (Å²) in [6, 6.07) is 0. The lowest BCUT2D eigenvalue weighted by molar-refractivity contribution is -0.138. The fourth-order valence-electron chi connectivity index (χ4n) is 2.74. The molecule has 2 saturated heterocycles. The number of piperidine rings is 1. The van der Waals surface area contributed by atoms with Gasteiger partial charge in [-0.05, 0) is 37.4 Å². The maximum Gasteiger partial charge on any atom is 0.303 e. The molecule has 18 heavy (non-hydrogen) atoms. The lowest BCUT2D eigenvalue weighted by Crippen LogP contribution is -2.43. The highest BCUT2D eigenvalue weighted by Gasteiger charge is 2.29. The highest BCUT2D eigenvalue weighted by Crippen LogP contribution is 2.28. The second-order valence-electron chi connectivity index (χ2n) is 5.22. The van der Waals surface area contributed by atoms with Crippen LogP contribution in [-0.4, -0.2) is 46.0 Å². The molecule has 0 aliphatic carbocycles. The van der Waals surface area contributed by atoms with E-state index in [9.17, 15) is 9.59 Å². The van der Waals surface area contributed by atoms with Crippen LogP contribution in [0.5, 0.6) is 0 Å². The van der Waals surface area contributed by atoms with Crippen LogP contribution in [0.15, 0.2) is 0 Å². The Hall–Kier alpha value is -0.710. The maximum atomic E-state index is 12.3. The van der Waals surface area contributed by atoms with Gasteiger partial charge < -0.3 is 10.0 Å². The number of thioether (sulfide) groups is 1. The number of carbonyl (C=O) groups excluding carboxylic acids is 1. The van der Waals surface area contributed by atoms with Crippen molar-refractivity contribution >= 4 is 23.6 Å². The van der Waals surface area contributed by atoms with E-state index in [0.717, 1.165) is 38.1 Å². The average Bonchev–Trinajstić information content (AvgIpc) is 2.39. The molecule has 2 heterocycles. The maximum absolute atomic E-state index is 12.3. The molecule has 2 rings (SSSR count). The van der Waals surface area contributed by atoms with E-state index < -0.39 is 5.97 Å². The van der Waals surface area contributed by atoms with Gasteiger partial charge in [-0.25, -0.2) is 0 Å². The molecule has 1 amide bonds. The van der Waals surface area contributed by atoms with Crippen LogP contribution in [0.25, 0.3) is 0 Å². The molecule has 0 aromatic carbocycles. The van der Waals surface area contributed by atoms with E-state index in [1.54, 1.807) is 11.8 Å². The first-order valence-electron chi connectivity index (χ1n) is 6.79. The Bertz CT molecular complexity index is 307. The van der Waals surface area contributed by atoms with Gasteiger partial charge in [0.05, 0.1) is 5.25 Å². The number of hydrogen-bond donors (Lipinski definition) is 1. The van der Waals surface area contributed by atoms with Gasteiger partial charge in [0.25, 0.3) is 0 Å². The molecule has 4 nitrogen and oxygen atoms in total. The van der Waals surface area contributed by atoms with Gasteiger partial charge in [0, 0.05) is 19.5 Å². The molecule has 2 fully saturated rings. The van der Waals surface area contributed by atoms with Crippen molar-refractivity contribution in [1.29, 1.82) is 0 Å². The van der Waals surface area contributed by atoms with Crippen LogP contribution in [0, 0.1) is 5.92 Å². The van der Waals surface area contributed by atoms with Crippen LogP contribution in [-0.2, 0) is 9.59 Å². The predicted octanol–water partition coefficient (Wildman–Crippen LogP) is 1.99. The number of amides is 1. The molecule has 0 bridgehead atoms. The van der Waals surface area contributed by atoms with Crippen LogP contribution < -0.4 is 0 Å². The van der Waals surface area contributed by atoms with Crippen molar-refractivity contribution in [2.24, 2.45) is 5.92 Å². The second-order valence-corrected chi connectivity index (χ2v) is 6.53. The Morgan fingerprint density at radius 2 is 1.89 bits per heavy atom. The number of rotatable bonds is 3. The van der Waals surface area contributed by atoms with E-state index in [1.807, 2.05) is 4.90 Å². The molecule has 0 spiro atoms. The number of carbonyl (C=O) groups is 2. The monoisotopic (exact) mass is 271 g/mol. The first-order valence-corrected chi connectivity index (χ1v) is 7.84. The van der Waals surface area contributed by atoms with Crippen LogP contribution >= 0.6 is 11.8 Å². The molecular formula is C13H21NO3S. The Morgan fingerprint density at radius 3 is 2.44 bits per heavy atom. The highest BCUT2D eigenvalue weighted by molar-refractivity contribution is 8.00. The van der Waals surface area contributed by atoms with E-state index in [4.69, 9.17) is 5.11 Å². The summed E-state index contributed by atoms with van der Waals surface area (Å²) in [4.78, 5) is 24.9. The van der Waals surface area contributed by atoms with Crippen molar-refractivity contribution in [2.75, 3.05) is 18.8 Å². The molecule has 2 aliphatic heterocycles. The molecule has 1 atom stereocenters. The summed E-state index contributed by atoms with van der Waals surface area (Å²) in [5.41, 5.74) is 0. The van der Waals surface area contributed by atoms with E-state index in [-0.39, 0.29) is 23.5 Å². The SMILES string of the molecule is O=C(O)CC1CCN(C(=O)C2CCCCS2)CC1. The van der Waals surface area contributed by atoms with Crippen molar-refractivity contribution in [3.05, 3.63) is 0 Å². The predicted molar refractivity (Wildman–Crippen MR) is 71.7 cm³/mol. The smallest absolute Gasteiger partial charge is 0.303 e. The van der Waals surface area contributed by atoms with Gasteiger partial charge >= 0.3 is 5.97 Å². The minimum Gasteiger partial charge on any atom is -0.481 e. The number of hydrogen-bond acceptors (Lipinski definition) is 3. The molecule has 5 heteroatoms. The third-order valence-corrected chi connectivity index (χ3v) is 5.21. The second kappa shape index (κ2) is 6.45. The summed E-state index contributed by atoms with van der Waals surface area (Å²) in [6.07, 6.45) is 5.34. The van der Waals surface area contributed by atoms with Crippen molar-refractivity contribution in [3.8, 4) is 0 Å². The molecule has 102 valence electrons. The summed E-state index contributed by atoms with van der Waals surface area (Å²) in [5.74, 6) is 0.924. The third kappa shape index (κ3) is 3.64. The molecule has 0 radical (unpaired) electrons. The largest absolute Gasteiger partial charge is 0.481 e. The quantitative estimate of drug-likeness (QED) is 0.853. The van der Waals surface area contributed by atoms with Gasteiger partial charge in [0.15, 0.2) is 0 Å². The number of carboxylic acid groups (broad SMARTS) is 1. The summed E-state index contributed by atoms with van der Waals surface area (Å²) in [5, 5.41) is 8.92. The number of carboxylic acids is 1. The first-order chi connectivity index (χ1) is 8.66. The zero-order chi connectivity index (χ0) is 13.0. The van der Waals surface area contributed by atoms with Crippen LogP contribution in [0.3, 0.4) is 0 Å². The van der Waals surface area contributed by atoms with E-state index in [1.165, 1.54) is 12.8 Å². The van der Waals surface area contributed by atoms with Crippen molar-refractivity contribution in [1.82, 2.24) is 4.90 Å².